The summed E-state index contributed by atoms with van der Waals surface area (Å²) < 4.78 is 22.9. The Bertz CT molecular complexity index is 1190. The van der Waals surface area contributed by atoms with Crippen LogP contribution in [0.3, 0.4) is 0 Å². The summed E-state index contributed by atoms with van der Waals surface area (Å²) in [6.07, 6.45) is 7.50. The lowest BCUT2D eigenvalue weighted by atomic mass is 9.48. The Morgan fingerprint density at radius 1 is 1.03 bits per heavy atom. The van der Waals surface area contributed by atoms with Crippen molar-refractivity contribution in [3.63, 3.8) is 0 Å². The summed E-state index contributed by atoms with van der Waals surface area (Å²) in [6, 6.07) is 6.06. The number of nitrogens with two attached hydrogens (primary N) is 1. The van der Waals surface area contributed by atoms with Crippen LogP contribution in [0.5, 0.6) is 23.1 Å². The minimum Gasteiger partial charge on any atom is -0.493 e. The van der Waals surface area contributed by atoms with E-state index in [0.29, 0.717) is 28.7 Å². The highest BCUT2D eigenvalue weighted by atomic mass is 16.5. The predicted octanol–water partition coefficient (Wildman–Crippen LogP) is 4.12. The van der Waals surface area contributed by atoms with Crippen molar-refractivity contribution in [1.82, 2.24) is 10.2 Å². The number of benzene rings is 1. The van der Waals surface area contributed by atoms with Gasteiger partial charge in [0, 0.05) is 16.7 Å². The Morgan fingerprint density at radius 2 is 1.68 bits per heavy atom. The number of fused-ring (bicyclic) bond motifs is 1. The number of allylic oxidation sites excluding steroid dienone is 1. The molecule has 4 saturated carbocycles. The van der Waals surface area contributed by atoms with E-state index >= 15 is 0 Å². The number of rotatable bonds is 5. The first-order valence-corrected chi connectivity index (χ1v) is 12.0. The van der Waals surface area contributed by atoms with Crippen LogP contribution in [0.1, 0.15) is 61.3 Å². The quantitative estimate of drug-likeness (QED) is 0.687. The zero-order chi connectivity index (χ0) is 23.6. The second-order valence-electron chi connectivity index (χ2n) is 10.4. The molecule has 1 aliphatic heterocycles. The van der Waals surface area contributed by atoms with Gasteiger partial charge in [0.2, 0.25) is 17.5 Å². The van der Waals surface area contributed by atoms with Crippen molar-refractivity contribution in [3.8, 4) is 29.2 Å². The van der Waals surface area contributed by atoms with E-state index in [0.717, 1.165) is 53.8 Å². The second-order valence-corrected chi connectivity index (χ2v) is 10.4. The van der Waals surface area contributed by atoms with Crippen molar-refractivity contribution in [3.05, 3.63) is 40.4 Å². The van der Waals surface area contributed by atoms with E-state index in [2.05, 4.69) is 16.3 Å². The van der Waals surface area contributed by atoms with Crippen LogP contribution >= 0.6 is 0 Å². The van der Waals surface area contributed by atoms with E-state index in [-0.39, 0.29) is 11.3 Å². The number of ether oxygens (including phenoxy) is 4. The molecule has 3 N–H and O–H groups in total. The number of hydrogen-bond donors (Lipinski definition) is 2. The Balaban J connectivity index is 1.56. The van der Waals surface area contributed by atoms with Gasteiger partial charge in [-0.2, -0.15) is 5.26 Å². The molecule has 2 heterocycles. The minimum atomic E-state index is -0.481. The van der Waals surface area contributed by atoms with Gasteiger partial charge in [0.1, 0.15) is 11.6 Å². The van der Waals surface area contributed by atoms with Crippen molar-refractivity contribution in [1.29, 1.82) is 5.26 Å². The molecule has 34 heavy (non-hydrogen) atoms. The molecule has 0 saturated heterocycles. The lowest BCUT2D eigenvalue weighted by Crippen LogP contribution is -2.49. The molecule has 0 amide bonds. The fourth-order valence-corrected chi connectivity index (χ4v) is 7.73. The smallest absolute Gasteiger partial charge is 0.244 e. The molecule has 4 bridgehead atoms. The van der Waals surface area contributed by atoms with Gasteiger partial charge < -0.3 is 24.7 Å². The van der Waals surface area contributed by atoms with Crippen molar-refractivity contribution in [2.24, 2.45) is 23.5 Å². The molecule has 4 aliphatic carbocycles. The number of nitriles is 1. The largest absolute Gasteiger partial charge is 0.493 e. The third-order valence-corrected chi connectivity index (χ3v) is 8.55. The standard InChI is InChI=1S/C26H30N4O4/c1-31-18-5-4-16(21(32-2)22(18)33-3)19-17(12-27)24(28)34-25-20(19)23(29-30-25)26-9-13-6-14(10-26)8-15(7-13)11-26/h4-5,13-15,19H,6-11,28H2,1-3H3,(H,29,30). The molecule has 8 nitrogen and oxygen atoms in total. The highest BCUT2D eigenvalue weighted by Crippen LogP contribution is 2.62. The number of nitrogens with one attached hydrogen (secondary N) is 1. The van der Waals surface area contributed by atoms with E-state index in [1.807, 2.05) is 12.1 Å². The lowest BCUT2D eigenvalue weighted by Gasteiger charge is -2.56. The molecule has 8 heteroatoms. The number of methoxy groups -OCH3 is 3. The molecule has 1 atom stereocenters. The Morgan fingerprint density at radius 3 is 2.24 bits per heavy atom. The summed E-state index contributed by atoms with van der Waals surface area (Å²) in [5.41, 5.74) is 9.41. The maximum atomic E-state index is 10.2. The normalized spacial score (nSPS) is 31.0. The van der Waals surface area contributed by atoms with Crippen LogP contribution in [-0.2, 0) is 5.41 Å². The predicted molar refractivity (Wildman–Crippen MR) is 124 cm³/mol. The highest BCUT2D eigenvalue weighted by Gasteiger charge is 2.54. The van der Waals surface area contributed by atoms with Gasteiger partial charge in [-0.15, -0.1) is 5.10 Å². The number of nitrogens with zero attached hydrogens (tertiary/aromatic N) is 2. The third kappa shape index (κ3) is 2.85. The van der Waals surface area contributed by atoms with Crippen LogP contribution in [0.4, 0.5) is 0 Å². The Kier molecular flexibility index (Phi) is 4.73. The van der Waals surface area contributed by atoms with Crippen LogP contribution in [0.25, 0.3) is 0 Å². The molecule has 5 aliphatic rings. The molecule has 0 radical (unpaired) electrons. The van der Waals surface area contributed by atoms with Gasteiger partial charge in [-0.1, -0.05) is 6.07 Å². The molecule has 7 rings (SSSR count). The molecule has 178 valence electrons. The number of hydrogen-bond acceptors (Lipinski definition) is 7. The number of aromatic amines is 1. The Hall–Kier alpha value is -3.34. The molecular formula is C26H30N4O4. The minimum absolute atomic E-state index is 0.0351. The van der Waals surface area contributed by atoms with Crippen molar-refractivity contribution in [2.75, 3.05) is 21.3 Å². The van der Waals surface area contributed by atoms with Gasteiger partial charge in [0.25, 0.3) is 0 Å². The summed E-state index contributed by atoms with van der Waals surface area (Å²) in [5, 5.41) is 18.1. The van der Waals surface area contributed by atoms with Crippen LogP contribution in [0.2, 0.25) is 0 Å². The molecule has 1 aromatic heterocycles. The molecule has 1 unspecified atom stereocenters. The van der Waals surface area contributed by atoms with Gasteiger partial charge in [-0.05, 0) is 62.3 Å². The summed E-state index contributed by atoms with van der Waals surface area (Å²) in [6.45, 7) is 0. The summed E-state index contributed by atoms with van der Waals surface area (Å²) in [4.78, 5) is 0. The zero-order valence-electron chi connectivity index (χ0n) is 19.8. The monoisotopic (exact) mass is 462 g/mol. The topological polar surface area (TPSA) is 115 Å². The SMILES string of the molecule is COc1ccc(C2C(C#N)=C(N)Oc3n[nH]c(C45CC6CC(CC(C6)C4)C5)c32)c(OC)c1OC. The van der Waals surface area contributed by atoms with E-state index in [9.17, 15) is 5.26 Å². The van der Waals surface area contributed by atoms with Gasteiger partial charge in [-0.3, -0.25) is 5.10 Å². The number of H-pyrrole nitrogens is 1. The van der Waals surface area contributed by atoms with Gasteiger partial charge in [-0.25, -0.2) is 0 Å². The van der Waals surface area contributed by atoms with Gasteiger partial charge in [0.05, 0.1) is 32.8 Å². The van der Waals surface area contributed by atoms with Gasteiger partial charge >= 0.3 is 0 Å². The molecule has 4 fully saturated rings. The summed E-state index contributed by atoms with van der Waals surface area (Å²) >= 11 is 0. The van der Waals surface area contributed by atoms with E-state index in [1.165, 1.54) is 19.3 Å². The first kappa shape index (κ1) is 21.2. The second kappa shape index (κ2) is 7.59. The zero-order valence-corrected chi connectivity index (χ0v) is 19.8. The summed E-state index contributed by atoms with van der Waals surface area (Å²) in [5.74, 6) is 3.87. The van der Waals surface area contributed by atoms with Crippen LogP contribution in [0, 0.1) is 29.1 Å². The van der Waals surface area contributed by atoms with Crippen LogP contribution < -0.4 is 24.7 Å². The van der Waals surface area contributed by atoms with Crippen LogP contribution in [0.15, 0.2) is 23.6 Å². The maximum absolute atomic E-state index is 10.2. The van der Waals surface area contributed by atoms with E-state index < -0.39 is 5.92 Å². The lowest BCUT2D eigenvalue weighted by molar-refractivity contribution is -0.00768. The molecular weight excluding hydrogens is 432 g/mol. The maximum Gasteiger partial charge on any atom is 0.244 e. The molecule has 0 spiro atoms. The molecule has 1 aromatic carbocycles. The molecule has 2 aromatic rings. The van der Waals surface area contributed by atoms with Crippen molar-refractivity contribution >= 4 is 0 Å². The fraction of sp³-hybridized carbons (Fsp3) is 0.538. The van der Waals surface area contributed by atoms with Crippen molar-refractivity contribution < 1.29 is 18.9 Å². The number of aromatic nitrogens is 2. The first-order valence-electron chi connectivity index (χ1n) is 12.0. The first-order chi connectivity index (χ1) is 16.5. The Labute approximate surface area is 199 Å². The van der Waals surface area contributed by atoms with E-state index in [1.54, 1.807) is 21.3 Å². The average Bonchev–Trinajstić information content (AvgIpc) is 3.25. The van der Waals surface area contributed by atoms with Crippen molar-refractivity contribution in [2.45, 2.75) is 49.9 Å². The average molecular weight is 463 g/mol. The third-order valence-electron chi connectivity index (χ3n) is 8.55. The highest BCUT2D eigenvalue weighted by molar-refractivity contribution is 5.64. The van der Waals surface area contributed by atoms with Gasteiger partial charge in [0.15, 0.2) is 11.5 Å². The fourth-order valence-electron chi connectivity index (χ4n) is 7.73. The van der Waals surface area contributed by atoms with Crippen LogP contribution in [-0.4, -0.2) is 31.5 Å². The van der Waals surface area contributed by atoms with E-state index in [4.69, 9.17) is 24.7 Å². The summed E-state index contributed by atoms with van der Waals surface area (Å²) in [7, 11) is 4.76.